The fraction of sp³-hybridized carbons (Fsp3) is 0.907. The van der Waals surface area contributed by atoms with E-state index in [1.54, 1.807) is 0 Å². The van der Waals surface area contributed by atoms with E-state index in [4.69, 9.17) is 61.6 Å². The number of aliphatic carboxylic acids is 2. The normalized spacial score (nSPS) is 45.7. The Hall–Kier alpha value is -4.05. The van der Waals surface area contributed by atoms with Gasteiger partial charge < -0.3 is 200 Å². The van der Waals surface area contributed by atoms with E-state index >= 15 is 0 Å². The topological polar surface area (TPSA) is 727 Å². The third-order valence-corrected chi connectivity index (χ3v) is 17.7. The summed E-state index contributed by atoms with van der Waals surface area (Å²) in [5.74, 6) is -14.3. The first-order valence-electron chi connectivity index (χ1n) is 30.9. The molecule has 0 radical (unpaired) electrons. The monoisotopic (exact) mass is 1450 g/mol. The second kappa shape index (κ2) is 34.7. The van der Waals surface area contributed by atoms with Crippen LogP contribution in [0.3, 0.4) is 0 Å². The minimum Gasteiger partial charge on any atom is -0.477 e. The number of aliphatic hydroxyl groups excluding tert-OH is 22. The van der Waals surface area contributed by atoms with Crippen LogP contribution in [0.25, 0.3) is 0 Å². The van der Waals surface area contributed by atoms with Crippen LogP contribution in [0.15, 0.2) is 0 Å². The molecule has 0 aromatic rings. The van der Waals surface area contributed by atoms with Crippen molar-refractivity contribution in [2.24, 2.45) is 0 Å². The molecule has 45 nitrogen and oxygen atoms in total. The van der Waals surface area contributed by atoms with E-state index in [1.807, 2.05) is 0 Å². The van der Waals surface area contributed by atoms with Crippen molar-refractivity contribution in [2.75, 3.05) is 46.2 Å². The average Bonchev–Trinajstić information content (AvgIpc) is 0.765. The zero-order valence-electron chi connectivity index (χ0n) is 52.7. The number of ether oxygens (including phenoxy) is 13. The molecular weight excluding hydrogens is 1360 g/mol. The highest BCUT2D eigenvalue weighted by atomic mass is 16.8. The lowest BCUT2D eigenvalue weighted by atomic mass is 9.87. The standard InChI is InChI=1S/C54H89N3O42/c1-13(65)55-25-16(68)4-53(51(83)84,97-42(25)28(71)18(70)6-58)96-22(10-62)32(75)43-26(56-14(2)66)17(69)5-54(98-43,52(85)86)99-45-31(74)21(9-61)90-50(38(45)81)94-41-27(57-15(3)67)47(88-19(7-59)29(41)72)95-44-30(73)20(8-60)89-49(37(44)80)93-40-24(12-64)91-48(36(79)34(40)77)92-39-23(11-63)87-46(82)35(78)33(39)76/h16-50,58-64,68-82H,4-12H2,1-3H3,(H,55,65)(H,56,66)(H,57,67)(H,83,84)(H,85,86)/t16-,17-,18+,19+,20+,21+,22+,23+,24+,25+,26+,27+,28+,29+,30-,31-,32+,33+,34+,35+,36+,37+,38+,39+,40-,41+,42+,43+,44-,45-,46?,47-,48-,49+,50-,53+,54-/m0/s1. The quantitative estimate of drug-likeness (QED) is 0.0346. The van der Waals surface area contributed by atoms with Crippen molar-refractivity contribution in [3.63, 3.8) is 0 Å². The number of carbonyl (C=O) groups is 5. The summed E-state index contributed by atoms with van der Waals surface area (Å²) in [6.45, 7) is -5.70. The Bertz CT molecular complexity index is 2640. The first-order valence-corrected chi connectivity index (χ1v) is 30.9. The minimum atomic E-state index is -3.54. The molecule has 3 amide bonds. The fourth-order valence-corrected chi connectivity index (χ4v) is 12.6. The maximum absolute atomic E-state index is 13.6. The molecule has 0 aliphatic carbocycles. The van der Waals surface area contributed by atoms with Crippen molar-refractivity contribution < 1.29 is 208 Å². The Morgan fingerprint density at radius 2 is 0.788 bits per heavy atom. The Morgan fingerprint density at radius 1 is 0.414 bits per heavy atom. The Kier molecular flexibility index (Phi) is 28.8. The van der Waals surface area contributed by atoms with Gasteiger partial charge in [0.1, 0.15) is 159 Å². The van der Waals surface area contributed by atoms with Crippen LogP contribution in [0.2, 0.25) is 0 Å². The summed E-state index contributed by atoms with van der Waals surface area (Å²) in [4.78, 5) is 64.6. The molecule has 1 unspecified atom stereocenters. The second-order valence-corrected chi connectivity index (χ2v) is 24.6. The largest absolute Gasteiger partial charge is 0.477 e. The SMILES string of the molecule is CC(=O)N[C@H]1[C@H](O[C@H]2[C@@H](O)[C@@H](CO)O[C@H](O[C@@H]3[C@H](O)[C@@H](O)[C@H](O[C@H]4[C@H](O)[C@@H](O)C(O)O[C@@H]4CO)O[C@@H]3CO)[C@@H]2O)O[C@H](CO)[C@@H](O)[C@@H]1O[C@@H]1O[C@H](CO)[C@H](O)[C@H](O[C@]2(C(=O)O)C[C@H](O)[C@@H](NC(C)=O)[C@H]([C@H](O)[C@@H](CO)O[C@]3(C(=O)O)C[C@H](O)[C@@H](NC(C)=O)[C@H]([C@H](O)[C@H](O)CO)O3)O2)[C@H]1O. The van der Waals surface area contributed by atoms with Gasteiger partial charge in [-0.25, -0.2) is 9.59 Å². The highest BCUT2D eigenvalue weighted by Crippen LogP contribution is 2.42. The van der Waals surface area contributed by atoms with Gasteiger partial charge in [0.05, 0.1) is 70.5 Å². The molecule has 7 aliphatic rings. The molecule has 7 saturated heterocycles. The molecule has 0 spiro atoms. The highest BCUT2D eigenvalue weighted by Gasteiger charge is 2.64. The van der Waals surface area contributed by atoms with E-state index in [9.17, 15) is 147 Å². The van der Waals surface area contributed by atoms with Crippen molar-refractivity contribution in [1.82, 2.24) is 16.0 Å². The smallest absolute Gasteiger partial charge is 0.364 e. The number of carbonyl (C=O) groups excluding carboxylic acids is 3. The molecule has 572 valence electrons. The van der Waals surface area contributed by atoms with Gasteiger partial charge in [-0.2, -0.15) is 0 Å². The minimum absolute atomic E-state index is 0.862. The van der Waals surface area contributed by atoms with Crippen LogP contribution in [-0.4, -0.2) is 424 Å². The Balaban J connectivity index is 1.15. The van der Waals surface area contributed by atoms with Crippen LogP contribution in [0.1, 0.15) is 33.6 Å². The molecule has 45 heteroatoms. The van der Waals surface area contributed by atoms with Gasteiger partial charge in [0, 0.05) is 33.6 Å². The number of carboxylic acid groups (broad SMARTS) is 2. The summed E-state index contributed by atoms with van der Waals surface area (Å²) < 4.78 is 74.0. The molecule has 0 aromatic heterocycles. The van der Waals surface area contributed by atoms with E-state index in [0.29, 0.717) is 0 Å². The van der Waals surface area contributed by atoms with Gasteiger partial charge in [-0.1, -0.05) is 0 Å². The number of aliphatic hydroxyl groups is 22. The highest BCUT2D eigenvalue weighted by molar-refractivity contribution is 5.77. The number of hydrogen-bond donors (Lipinski definition) is 27. The maximum atomic E-state index is 13.6. The molecule has 7 aliphatic heterocycles. The first kappa shape index (κ1) is 82.2. The number of nitrogens with one attached hydrogen (secondary N) is 3. The van der Waals surface area contributed by atoms with Gasteiger partial charge in [0.2, 0.25) is 17.7 Å². The Morgan fingerprint density at radius 3 is 1.25 bits per heavy atom. The summed E-state index contributed by atoms with van der Waals surface area (Å²) >= 11 is 0. The molecule has 7 rings (SSSR count). The zero-order valence-corrected chi connectivity index (χ0v) is 52.7. The number of hydrogen-bond acceptors (Lipinski definition) is 40. The molecule has 37 atom stereocenters. The summed E-state index contributed by atoms with van der Waals surface area (Å²) in [7, 11) is 0. The second-order valence-electron chi connectivity index (χ2n) is 24.6. The van der Waals surface area contributed by atoms with E-state index in [0.717, 1.165) is 20.8 Å². The number of rotatable bonds is 28. The zero-order chi connectivity index (χ0) is 73.8. The first-order chi connectivity index (χ1) is 46.5. The molecule has 0 saturated carbocycles. The van der Waals surface area contributed by atoms with Gasteiger partial charge in [-0.05, 0) is 0 Å². The van der Waals surface area contributed by atoms with Crippen molar-refractivity contribution >= 4 is 29.7 Å². The molecule has 99 heavy (non-hydrogen) atoms. The van der Waals surface area contributed by atoms with Crippen LogP contribution < -0.4 is 16.0 Å². The average molecular weight is 1450 g/mol. The van der Waals surface area contributed by atoms with Crippen LogP contribution in [0.4, 0.5) is 0 Å². The van der Waals surface area contributed by atoms with E-state index < -0.39 is 315 Å². The van der Waals surface area contributed by atoms with E-state index in [-0.39, 0.29) is 0 Å². The van der Waals surface area contributed by atoms with Crippen LogP contribution in [0.5, 0.6) is 0 Å². The van der Waals surface area contributed by atoms with Crippen LogP contribution in [-0.2, 0) is 85.6 Å². The molecule has 7 heterocycles. The predicted molar refractivity (Wildman–Crippen MR) is 301 cm³/mol. The molecule has 0 aromatic carbocycles. The molecule has 27 N–H and O–H groups in total. The lowest BCUT2D eigenvalue weighted by Crippen LogP contribution is -2.72. The number of carboxylic acids is 2. The molecule has 7 fully saturated rings. The van der Waals surface area contributed by atoms with Crippen molar-refractivity contribution in [3.05, 3.63) is 0 Å². The van der Waals surface area contributed by atoms with Crippen LogP contribution >= 0.6 is 0 Å². The van der Waals surface area contributed by atoms with E-state index in [2.05, 4.69) is 16.0 Å². The third kappa shape index (κ3) is 17.7. The summed E-state index contributed by atoms with van der Waals surface area (Å²) in [6, 6.07) is -5.82. The number of amides is 3. The van der Waals surface area contributed by atoms with Crippen molar-refractivity contribution in [3.8, 4) is 0 Å². The van der Waals surface area contributed by atoms with Gasteiger partial charge in [0.15, 0.2) is 31.5 Å². The third-order valence-electron chi connectivity index (χ3n) is 17.7. The van der Waals surface area contributed by atoms with Crippen molar-refractivity contribution in [2.45, 2.75) is 260 Å². The van der Waals surface area contributed by atoms with Gasteiger partial charge in [-0.3, -0.25) is 14.4 Å². The lowest BCUT2D eigenvalue weighted by molar-refractivity contribution is -0.393. The summed E-state index contributed by atoms with van der Waals surface area (Å²) in [6.07, 6.45) is -72.6. The maximum Gasteiger partial charge on any atom is 0.364 e. The Labute approximate surface area is 558 Å². The van der Waals surface area contributed by atoms with Gasteiger partial charge >= 0.3 is 11.9 Å². The van der Waals surface area contributed by atoms with E-state index in [1.165, 1.54) is 0 Å². The summed E-state index contributed by atoms with van der Waals surface area (Å²) in [5.41, 5.74) is 0. The van der Waals surface area contributed by atoms with Crippen molar-refractivity contribution in [1.29, 1.82) is 0 Å². The lowest BCUT2D eigenvalue weighted by Gasteiger charge is -2.52. The fourth-order valence-electron chi connectivity index (χ4n) is 12.6. The molecule has 0 bridgehead atoms. The van der Waals surface area contributed by atoms with Crippen LogP contribution in [0, 0.1) is 0 Å². The molecular formula is C54H89N3O42. The van der Waals surface area contributed by atoms with Gasteiger partial charge in [-0.15, -0.1) is 0 Å². The van der Waals surface area contributed by atoms with Gasteiger partial charge in [0.25, 0.3) is 11.6 Å². The summed E-state index contributed by atoms with van der Waals surface area (Å²) in [5, 5.41) is 269. The predicted octanol–water partition coefficient (Wildman–Crippen LogP) is -17.4.